The lowest BCUT2D eigenvalue weighted by atomic mass is 9.81. The molecule has 1 fully saturated rings. The molecule has 2 N–H and O–H groups in total. The fourth-order valence-corrected chi connectivity index (χ4v) is 5.87. The molecule has 0 spiro atoms. The Balaban J connectivity index is 1.87. The van der Waals surface area contributed by atoms with Crippen LogP contribution in [0.2, 0.25) is 0 Å². The summed E-state index contributed by atoms with van der Waals surface area (Å²) in [5.41, 5.74) is -6.43. The van der Waals surface area contributed by atoms with Crippen LogP contribution < -0.4 is 4.90 Å². The number of hydrogen-bond donors (Lipinski definition) is 2. The second-order valence-corrected chi connectivity index (χ2v) is 12.2. The normalized spacial score (nSPS) is 18.7. The van der Waals surface area contributed by atoms with Gasteiger partial charge in [-0.15, -0.1) is 0 Å². The number of aromatic nitrogens is 1. The first-order valence-corrected chi connectivity index (χ1v) is 14.1. The van der Waals surface area contributed by atoms with Gasteiger partial charge in [-0.05, 0) is 93.6 Å². The highest BCUT2D eigenvalue weighted by molar-refractivity contribution is 6.03. The number of carboxylic acid groups (broad SMARTS) is 2. The van der Waals surface area contributed by atoms with Crippen LogP contribution in [-0.2, 0) is 27.4 Å². The third kappa shape index (κ3) is 6.47. The number of halogens is 7. The molecule has 0 saturated carbocycles. The molecule has 2 aromatic carbocycles. The molecule has 252 valence electrons. The van der Waals surface area contributed by atoms with E-state index in [0.717, 1.165) is 15.9 Å². The molecule has 1 aliphatic heterocycles. The number of rotatable bonds is 6. The summed E-state index contributed by atoms with van der Waals surface area (Å²) in [4.78, 5) is 44.3. The Morgan fingerprint density at radius 3 is 1.96 bits per heavy atom. The topological polar surface area (TPSA) is 111 Å². The summed E-state index contributed by atoms with van der Waals surface area (Å²) in [7, 11) is 1.24. The van der Waals surface area contributed by atoms with Gasteiger partial charge in [-0.25, -0.2) is 14.0 Å². The Kier molecular flexibility index (Phi) is 8.86. The number of aliphatic carboxylic acids is 1. The van der Waals surface area contributed by atoms with E-state index in [9.17, 15) is 55.3 Å². The number of carbonyl (C=O) groups excluding carboxylic acids is 1. The zero-order valence-electron chi connectivity index (χ0n) is 25.7. The van der Waals surface area contributed by atoms with Crippen LogP contribution in [0.1, 0.15) is 67.6 Å². The minimum atomic E-state index is -5.14. The lowest BCUT2D eigenvalue weighted by Gasteiger charge is -2.34. The lowest BCUT2D eigenvalue weighted by Crippen LogP contribution is -2.51. The van der Waals surface area contributed by atoms with Crippen molar-refractivity contribution in [1.29, 1.82) is 0 Å². The zero-order valence-corrected chi connectivity index (χ0v) is 25.7. The molecule has 1 saturated heterocycles. The number of aryl methyl sites for hydroxylation is 1. The molecular formula is C32H30F7N3O5. The van der Waals surface area contributed by atoms with Gasteiger partial charge in [0.25, 0.3) is 0 Å². The van der Waals surface area contributed by atoms with Gasteiger partial charge in [-0.3, -0.25) is 14.7 Å². The summed E-state index contributed by atoms with van der Waals surface area (Å²) >= 11 is 0. The van der Waals surface area contributed by atoms with Gasteiger partial charge in [0, 0.05) is 12.6 Å². The number of anilines is 1. The maximum absolute atomic E-state index is 14.1. The zero-order chi connectivity index (χ0) is 35.4. The molecule has 15 heteroatoms. The number of carboxylic acids is 1. The molecule has 2 heterocycles. The van der Waals surface area contributed by atoms with E-state index in [0.29, 0.717) is 23.3 Å². The number of likely N-dealkylation sites (N-methyl/N-ethyl adjacent to an activating group) is 1. The fraction of sp³-hybridized carbons (Fsp3) is 0.375. The quantitative estimate of drug-likeness (QED) is 0.259. The largest absolute Gasteiger partial charge is 0.480 e. The molecule has 0 bridgehead atoms. The standard InChI is InChI=1S/C32H30F7N3O5/c1-16-10-20(33)6-7-21(16)22-14-23(24-8-9-30(4,27(44)45)42(24)28(46)47)40-15-25(22)41(5)26(43)29(2,3)17-11-18(31(34,35)36)13-19(12-17)32(37,38)39/h6-7,10-15,24H,8-9H2,1-5H3,(H,44,45)(H,46,47)/t24-,30+/m1/s1. The van der Waals surface area contributed by atoms with Crippen molar-refractivity contribution >= 4 is 23.7 Å². The van der Waals surface area contributed by atoms with Gasteiger partial charge < -0.3 is 15.1 Å². The van der Waals surface area contributed by atoms with Crippen molar-refractivity contribution in [2.24, 2.45) is 0 Å². The van der Waals surface area contributed by atoms with E-state index in [-0.39, 0.29) is 35.9 Å². The summed E-state index contributed by atoms with van der Waals surface area (Å²) in [5, 5.41) is 19.7. The minimum Gasteiger partial charge on any atom is -0.480 e. The number of likely N-dealkylation sites (tertiary alicyclic amines) is 1. The molecular weight excluding hydrogens is 639 g/mol. The van der Waals surface area contributed by atoms with Gasteiger partial charge in [-0.1, -0.05) is 6.07 Å². The minimum absolute atomic E-state index is 0.0189. The van der Waals surface area contributed by atoms with Crippen molar-refractivity contribution in [3.63, 3.8) is 0 Å². The van der Waals surface area contributed by atoms with Crippen LogP contribution in [0.4, 0.5) is 41.2 Å². The van der Waals surface area contributed by atoms with Crippen molar-refractivity contribution < 1.29 is 55.3 Å². The van der Waals surface area contributed by atoms with Crippen molar-refractivity contribution in [2.45, 2.75) is 69.9 Å². The molecule has 0 radical (unpaired) electrons. The van der Waals surface area contributed by atoms with Crippen LogP contribution in [0, 0.1) is 12.7 Å². The van der Waals surface area contributed by atoms with Gasteiger partial charge in [0.1, 0.15) is 11.4 Å². The highest BCUT2D eigenvalue weighted by Gasteiger charge is 2.52. The Morgan fingerprint density at radius 1 is 0.915 bits per heavy atom. The predicted octanol–water partition coefficient (Wildman–Crippen LogP) is 7.83. The maximum Gasteiger partial charge on any atom is 0.416 e. The number of pyridine rings is 1. The summed E-state index contributed by atoms with van der Waals surface area (Å²) in [6.45, 7) is 5.15. The average Bonchev–Trinajstić information content (AvgIpc) is 3.34. The molecule has 47 heavy (non-hydrogen) atoms. The third-order valence-electron chi connectivity index (χ3n) is 8.65. The van der Waals surface area contributed by atoms with E-state index >= 15 is 0 Å². The highest BCUT2D eigenvalue weighted by atomic mass is 19.4. The molecule has 0 unspecified atom stereocenters. The van der Waals surface area contributed by atoms with Gasteiger partial charge in [-0.2, -0.15) is 26.3 Å². The Labute approximate surface area is 264 Å². The van der Waals surface area contributed by atoms with E-state index in [2.05, 4.69) is 4.98 Å². The van der Waals surface area contributed by atoms with Gasteiger partial charge >= 0.3 is 24.4 Å². The molecule has 1 aliphatic rings. The number of nitrogens with zero attached hydrogens (tertiary/aromatic N) is 3. The molecule has 2 amide bonds. The number of hydrogen-bond acceptors (Lipinski definition) is 4. The first-order chi connectivity index (χ1) is 21.5. The smallest absolute Gasteiger partial charge is 0.416 e. The molecule has 8 nitrogen and oxygen atoms in total. The van der Waals surface area contributed by atoms with Crippen molar-refractivity contribution in [3.8, 4) is 11.1 Å². The lowest BCUT2D eigenvalue weighted by molar-refractivity contribution is -0.148. The molecule has 1 aromatic heterocycles. The summed E-state index contributed by atoms with van der Waals surface area (Å²) in [6.07, 6.45) is -10.6. The Morgan fingerprint density at radius 2 is 1.47 bits per heavy atom. The summed E-state index contributed by atoms with van der Waals surface area (Å²) in [5.74, 6) is -2.89. The molecule has 2 atom stereocenters. The maximum atomic E-state index is 14.1. The third-order valence-corrected chi connectivity index (χ3v) is 8.65. The summed E-state index contributed by atoms with van der Waals surface area (Å²) < 4.78 is 95.8. The van der Waals surface area contributed by atoms with Gasteiger partial charge in [0.2, 0.25) is 5.91 Å². The van der Waals surface area contributed by atoms with Crippen molar-refractivity contribution in [3.05, 3.63) is 82.4 Å². The van der Waals surface area contributed by atoms with E-state index in [1.54, 1.807) is 6.92 Å². The molecule has 4 rings (SSSR count). The fourth-order valence-electron chi connectivity index (χ4n) is 5.87. The van der Waals surface area contributed by atoms with Gasteiger partial charge in [0.05, 0.1) is 40.2 Å². The van der Waals surface area contributed by atoms with Crippen LogP contribution in [0.15, 0.2) is 48.7 Å². The first-order valence-electron chi connectivity index (χ1n) is 14.1. The predicted molar refractivity (Wildman–Crippen MR) is 155 cm³/mol. The number of amides is 2. The average molecular weight is 670 g/mol. The first kappa shape index (κ1) is 35.2. The second kappa shape index (κ2) is 11.8. The van der Waals surface area contributed by atoms with E-state index < -0.39 is 69.8 Å². The molecule has 0 aliphatic carbocycles. The Hall–Kier alpha value is -4.69. The summed E-state index contributed by atoms with van der Waals surface area (Å²) in [6, 6.07) is 4.99. The molecule has 3 aromatic rings. The number of carbonyl (C=O) groups is 3. The van der Waals surface area contributed by atoms with Crippen LogP contribution in [0.5, 0.6) is 0 Å². The SMILES string of the molecule is Cc1cc(F)ccc1-c1cc([C@H]2CC[C@@](C)(C(=O)O)N2C(=O)O)ncc1N(C)C(=O)C(C)(C)c1cc(C(F)(F)F)cc(C(F)(F)F)c1. The number of benzene rings is 2. The van der Waals surface area contributed by atoms with Crippen LogP contribution in [0.3, 0.4) is 0 Å². The van der Waals surface area contributed by atoms with Crippen molar-refractivity contribution in [1.82, 2.24) is 9.88 Å². The van der Waals surface area contributed by atoms with Crippen molar-refractivity contribution in [2.75, 3.05) is 11.9 Å². The Bertz CT molecular complexity index is 1720. The van der Waals surface area contributed by atoms with Crippen LogP contribution in [0.25, 0.3) is 11.1 Å². The van der Waals surface area contributed by atoms with E-state index in [4.69, 9.17) is 0 Å². The van der Waals surface area contributed by atoms with Gasteiger partial charge in [0.15, 0.2) is 0 Å². The highest BCUT2D eigenvalue weighted by Crippen LogP contribution is 2.45. The monoisotopic (exact) mass is 669 g/mol. The number of alkyl halides is 6. The van der Waals surface area contributed by atoms with E-state index in [1.807, 2.05) is 0 Å². The van der Waals surface area contributed by atoms with Crippen LogP contribution in [-0.4, -0.2) is 50.7 Å². The van der Waals surface area contributed by atoms with Crippen LogP contribution >= 0.6 is 0 Å². The van der Waals surface area contributed by atoms with E-state index in [1.165, 1.54) is 52.2 Å². The second-order valence-electron chi connectivity index (χ2n) is 12.2.